The Kier molecular flexibility index (Phi) is 3.52. The van der Waals surface area contributed by atoms with Gasteiger partial charge < -0.3 is 4.52 Å². The Morgan fingerprint density at radius 2 is 1.96 bits per heavy atom. The highest BCUT2D eigenvalue weighted by Gasteiger charge is 2.18. The Balaban J connectivity index is 1.73. The maximum Gasteiger partial charge on any atom is 0.258 e. The van der Waals surface area contributed by atoms with E-state index in [1.165, 1.54) is 12.1 Å². The maximum absolute atomic E-state index is 13.8. The molecule has 1 N–H and O–H groups in total. The summed E-state index contributed by atoms with van der Waals surface area (Å²) in [4.78, 5) is 8.70. The second-order valence-electron chi connectivity index (χ2n) is 5.79. The van der Waals surface area contributed by atoms with Crippen LogP contribution in [0.4, 0.5) is 8.78 Å². The second-order valence-corrected chi connectivity index (χ2v) is 5.79. The minimum Gasteiger partial charge on any atom is -0.334 e. The zero-order valence-corrected chi connectivity index (χ0v) is 13.5. The molecular weight excluding hydrogens is 328 g/mol. The first kappa shape index (κ1) is 15.4. The standard InChI is InChI=1S/C17H13F2N5O/c1-8-5-12(15-9(2)22-23-16(15)20-8)17-21-14(24-25-17)6-10-3-4-11(18)7-13(10)19/h3-5,7H,6H2,1-2H3,(H,20,22,23). The van der Waals surface area contributed by atoms with Crippen LogP contribution in [0.1, 0.15) is 22.8 Å². The molecule has 8 heteroatoms. The SMILES string of the molecule is Cc1cc(-c2nc(Cc3ccc(F)cc3F)no2)c2c(C)[nH]nc2n1. The highest BCUT2D eigenvalue weighted by molar-refractivity contribution is 5.92. The van der Waals surface area contributed by atoms with Crippen LogP contribution in [0.3, 0.4) is 0 Å². The predicted molar refractivity (Wildman–Crippen MR) is 85.8 cm³/mol. The molecule has 4 aromatic rings. The summed E-state index contributed by atoms with van der Waals surface area (Å²) in [6.45, 7) is 3.72. The molecule has 6 nitrogen and oxygen atoms in total. The molecule has 0 unspecified atom stereocenters. The van der Waals surface area contributed by atoms with Gasteiger partial charge in [-0.15, -0.1) is 0 Å². The van der Waals surface area contributed by atoms with Crippen LogP contribution >= 0.6 is 0 Å². The fourth-order valence-electron chi connectivity index (χ4n) is 2.74. The molecule has 0 radical (unpaired) electrons. The number of aryl methyl sites for hydroxylation is 2. The monoisotopic (exact) mass is 341 g/mol. The van der Waals surface area contributed by atoms with E-state index in [-0.39, 0.29) is 6.42 Å². The van der Waals surface area contributed by atoms with E-state index >= 15 is 0 Å². The number of rotatable bonds is 3. The number of aromatic nitrogens is 5. The van der Waals surface area contributed by atoms with Gasteiger partial charge in [0.15, 0.2) is 11.5 Å². The van der Waals surface area contributed by atoms with Gasteiger partial charge in [0.25, 0.3) is 5.89 Å². The summed E-state index contributed by atoms with van der Waals surface area (Å²) in [5.41, 5.74) is 3.17. The number of nitrogens with one attached hydrogen (secondary N) is 1. The van der Waals surface area contributed by atoms with E-state index in [1.54, 1.807) is 0 Å². The average molecular weight is 341 g/mol. The van der Waals surface area contributed by atoms with Gasteiger partial charge in [0.2, 0.25) is 0 Å². The number of aromatic amines is 1. The minimum atomic E-state index is -0.640. The van der Waals surface area contributed by atoms with Crippen LogP contribution in [0, 0.1) is 25.5 Å². The predicted octanol–water partition coefficient (Wildman–Crippen LogP) is 3.49. The van der Waals surface area contributed by atoms with Crippen LogP contribution in [-0.2, 0) is 6.42 Å². The van der Waals surface area contributed by atoms with Crippen molar-refractivity contribution in [1.29, 1.82) is 0 Å². The molecule has 3 heterocycles. The highest BCUT2D eigenvalue weighted by Crippen LogP contribution is 2.29. The molecule has 1 aromatic carbocycles. The van der Waals surface area contributed by atoms with Gasteiger partial charge in [-0.3, -0.25) is 5.10 Å². The topological polar surface area (TPSA) is 80.5 Å². The summed E-state index contributed by atoms with van der Waals surface area (Å²) in [6, 6.07) is 5.24. The summed E-state index contributed by atoms with van der Waals surface area (Å²) in [7, 11) is 0. The van der Waals surface area contributed by atoms with E-state index in [2.05, 4.69) is 25.3 Å². The van der Waals surface area contributed by atoms with Gasteiger partial charge in [0.1, 0.15) is 11.6 Å². The lowest BCUT2D eigenvalue weighted by molar-refractivity contribution is 0.424. The molecule has 0 amide bonds. The first-order chi connectivity index (χ1) is 12.0. The van der Waals surface area contributed by atoms with Crippen molar-refractivity contribution in [2.24, 2.45) is 0 Å². The molecule has 0 saturated heterocycles. The van der Waals surface area contributed by atoms with Gasteiger partial charge >= 0.3 is 0 Å². The molecule has 0 saturated carbocycles. The van der Waals surface area contributed by atoms with Crippen LogP contribution in [0.15, 0.2) is 28.8 Å². The Morgan fingerprint density at radius 1 is 1.12 bits per heavy atom. The molecule has 0 aliphatic heterocycles. The molecule has 3 aromatic heterocycles. The third-order valence-electron chi connectivity index (χ3n) is 3.90. The van der Waals surface area contributed by atoms with E-state index in [9.17, 15) is 8.78 Å². The van der Waals surface area contributed by atoms with Crippen LogP contribution in [0.25, 0.3) is 22.5 Å². The van der Waals surface area contributed by atoms with Crippen LogP contribution in [-0.4, -0.2) is 25.3 Å². The van der Waals surface area contributed by atoms with Gasteiger partial charge in [-0.05, 0) is 31.5 Å². The first-order valence-electron chi connectivity index (χ1n) is 7.60. The van der Waals surface area contributed by atoms with E-state index in [1.807, 2.05) is 19.9 Å². The van der Waals surface area contributed by atoms with E-state index in [0.29, 0.717) is 28.5 Å². The van der Waals surface area contributed by atoms with Crippen molar-refractivity contribution in [2.45, 2.75) is 20.3 Å². The second kappa shape index (κ2) is 5.73. The Hall–Kier alpha value is -3.16. The van der Waals surface area contributed by atoms with Gasteiger partial charge in [-0.2, -0.15) is 10.1 Å². The molecule has 0 spiro atoms. The molecule has 0 atom stereocenters. The lowest BCUT2D eigenvalue weighted by Gasteiger charge is -2.00. The fourth-order valence-corrected chi connectivity index (χ4v) is 2.74. The van der Waals surface area contributed by atoms with Crippen LogP contribution in [0.2, 0.25) is 0 Å². The minimum absolute atomic E-state index is 0.104. The van der Waals surface area contributed by atoms with E-state index < -0.39 is 11.6 Å². The van der Waals surface area contributed by atoms with Crippen molar-refractivity contribution in [1.82, 2.24) is 25.3 Å². The number of nitrogens with zero attached hydrogens (tertiary/aromatic N) is 4. The van der Waals surface area contributed by atoms with E-state index in [0.717, 1.165) is 22.8 Å². The number of fused-ring (bicyclic) bond motifs is 1. The summed E-state index contributed by atoms with van der Waals surface area (Å²) in [5.74, 6) is -0.652. The smallest absolute Gasteiger partial charge is 0.258 e. The number of hydrogen-bond donors (Lipinski definition) is 1. The molecule has 0 aliphatic rings. The molecular formula is C17H13F2N5O. The van der Waals surface area contributed by atoms with Gasteiger partial charge in [0.05, 0.1) is 10.9 Å². The zero-order chi connectivity index (χ0) is 17.6. The van der Waals surface area contributed by atoms with Crippen molar-refractivity contribution < 1.29 is 13.3 Å². The largest absolute Gasteiger partial charge is 0.334 e. The molecule has 0 bridgehead atoms. The van der Waals surface area contributed by atoms with Gasteiger partial charge in [-0.25, -0.2) is 13.8 Å². The Morgan fingerprint density at radius 3 is 2.76 bits per heavy atom. The van der Waals surface area contributed by atoms with Crippen LogP contribution in [0.5, 0.6) is 0 Å². The Bertz CT molecular complexity index is 1090. The number of H-pyrrole nitrogens is 1. The fraction of sp³-hybridized carbons (Fsp3) is 0.176. The molecule has 126 valence electrons. The number of halogens is 2. The maximum atomic E-state index is 13.8. The third kappa shape index (κ3) is 2.75. The molecule has 4 rings (SSSR count). The summed E-state index contributed by atoms with van der Waals surface area (Å²) < 4.78 is 32.1. The van der Waals surface area contributed by atoms with Gasteiger partial charge in [-0.1, -0.05) is 11.2 Å². The quantitative estimate of drug-likeness (QED) is 0.617. The Labute approximate surface area is 140 Å². The van der Waals surface area contributed by atoms with Crippen molar-refractivity contribution in [3.05, 3.63) is 58.7 Å². The summed E-state index contributed by atoms with van der Waals surface area (Å²) in [6.07, 6.45) is 0.104. The zero-order valence-electron chi connectivity index (χ0n) is 13.5. The summed E-state index contributed by atoms with van der Waals surface area (Å²) in [5, 5.41) is 11.7. The third-order valence-corrected chi connectivity index (χ3v) is 3.90. The average Bonchev–Trinajstić information content (AvgIpc) is 3.17. The molecule has 0 aliphatic carbocycles. The van der Waals surface area contributed by atoms with Crippen LogP contribution < -0.4 is 0 Å². The van der Waals surface area contributed by atoms with Crippen molar-refractivity contribution in [2.75, 3.05) is 0 Å². The van der Waals surface area contributed by atoms with E-state index in [4.69, 9.17) is 4.52 Å². The molecule has 25 heavy (non-hydrogen) atoms. The van der Waals surface area contributed by atoms with Crippen molar-refractivity contribution in [3.8, 4) is 11.5 Å². The number of pyridine rings is 1. The lowest BCUT2D eigenvalue weighted by Crippen LogP contribution is -1.95. The van der Waals surface area contributed by atoms with Crippen molar-refractivity contribution in [3.63, 3.8) is 0 Å². The normalized spacial score (nSPS) is 11.4. The first-order valence-corrected chi connectivity index (χ1v) is 7.60. The lowest BCUT2D eigenvalue weighted by atomic mass is 10.1. The molecule has 0 fully saturated rings. The highest BCUT2D eigenvalue weighted by atomic mass is 19.1. The number of hydrogen-bond acceptors (Lipinski definition) is 5. The van der Waals surface area contributed by atoms with Gasteiger partial charge in [0, 0.05) is 23.9 Å². The summed E-state index contributed by atoms with van der Waals surface area (Å²) >= 11 is 0. The number of benzene rings is 1. The van der Waals surface area contributed by atoms with Crippen molar-refractivity contribution >= 4 is 11.0 Å².